The van der Waals surface area contributed by atoms with E-state index in [0.29, 0.717) is 24.5 Å². The van der Waals surface area contributed by atoms with E-state index in [1.165, 1.54) is 24.3 Å². The van der Waals surface area contributed by atoms with Gasteiger partial charge in [0, 0.05) is 17.5 Å². The van der Waals surface area contributed by atoms with Gasteiger partial charge in [-0.15, -0.1) is 0 Å². The van der Waals surface area contributed by atoms with E-state index in [-0.39, 0.29) is 29.2 Å². The van der Waals surface area contributed by atoms with Crippen molar-refractivity contribution < 1.29 is 31.7 Å². The van der Waals surface area contributed by atoms with Crippen LogP contribution in [0, 0.1) is 0 Å². The van der Waals surface area contributed by atoms with Gasteiger partial charge in [0.1, 0.15) is 6.56 Å². The minimum absolute atomic E-state index is 0.0813. The van der Waals surface area contributed by atoms with Crippen LogP contribution in [0.4, 0.5) is 13.2 Å². The summed E-state index contributed by atoms with van der Waals surface area (Å²) in [5.41, 5.74) is -2.39. The molecule has 0 unspecified atom stereocenters. The summed E-state index contributed by atoms with van der Waals surface area (Å²) >= 11 is 0. The van der Waals surface area contributed by atoms with Crippen LogP contribution in [0.1, 0.15) is 105 Å². The molecule has 6 heteroatoms. The Morgan fingerprint density at radius 1 is 1.09 bits per heavy atom. The van der Waals surface area contributed by atoms with Gasteiger partial charge in [-0.25, -0.2) is 0 Å². The van der Waals surface area contributed by atoms with Gasteiger partial charge in [-0.2, -0.15) is 13.2 Å². The Kier molecular flexibility index (Phi) is 4.80. The second-order valence-corrected chi connectivity index (χ2v) is 8.89. The zero-order valence-corrected chi connectivity index (χ0v) is 18.8. The van der Waals surface area contributed by atoms with Gasteiger partial charge in [0.15, 0.2) is 0 Å². The molecule has 2 aromatic rings. The van der Waals surface area contributed by atoms with Gasteiger partial charge in [0.2, 0.25) is 0 Å². The van der Waals surface area contributed by atoms with Gasteiger partial charge in [-0.05, 0) is 91.4 Å². The normalized spacial score (nSPS) is 24.0. The summed E-state index contributed by atoms with van der Waals surface area (Å²) in [6.45, 7) is -7.40. The van der Waals surface area contributed by atoms with E-state index in [2.05, 4.69) is 5.16 Å². The largest absolute Gasteiger partial charge is 0.416 e. The first-order valence-electron chi connectivity index (χ1n) is 16.6. The Morgan fingerprint density at radius 3 is 2.59 bits per heavy atom. The lowest BCUT2D eigenvalue weighted by atomic mass is 9.81. The van der Waals surface area contributed by atoms with Crippen LogP contribution >= 0.6 is 0 Å². The third-order valence-electron chi connectivity index (χ3n) is 6.56. The van der Waals surface area contributed by atoms with Gasteiger partial charge >= 0.3 is 6.18 Å². The van der Waals surface area contributed by atoms with E-state index in [1.807, 2.05) is 4.90 Å². The van der Waals surface area contributed by atoms with E-state index < -0.39 is 49.7 Å². The van der Waals surface area contributed by atoms with Crippen molar-refractivity contribution in [1.29, 1.82) is 0 Å². The molecule has 184 valence electrons. The van der Waals surface area contributed by atoms with Gasteiger partial charge in [-0.1, -0.05) is 55.5 Å². The smallest absolute Gasteiger partial charge is 0.391 e. The number of aryl methyl sites for hydroxylation is 1. The molecule has 1 aliphatic heterocycles. The summed E-state index contributed by atoms with van der Waals surface area (Å²) < 4.78 is 123. The molecule has 0 amide bonds. The molecule has 34 heavy (non-hydrogen) atoms. The number of halogens is 3. The fourth-order valence-corrected chi connectivity index (χ4v) is 4.57. The molecule has 0 radical (unpaired) electrons. The Balaban J connectivity index is 1.73. The predicted molar refractivity (Wildman–Crippen MR) is 130 cm³/mol. The van der Waals surface area contributed by atoms with E-state index in [0.717, 1.165) is 44.8 Å². The lowest BCUT2D eigenvalue weighted by Gasteiger charge is -2.31. The third kappa shape index (κ3) is 6.01. The fourth-order valence-electron chi connectivity index (χ4n) is 4.57. The summed E-state index contributed by atoms with van der Waals surface area (Å²) in [6.07, 6.45) is -2.96. The Bertz CT molecular complexity index is 1360. The van der Waals surface area contributed by atoms with Gasteiger partial charge in [0.05, 0.1) is 14.0 Å². The van der Waals surface area contributed by atoms with Gasteiger partial charge < -0.3 is 4.84 Å². The molecule has 2 aromatic carbocycles. The molecule has 0 spiro atoms. The summed E-state index contributed by atoms with van der Waals surface area (Å²) in [7, 11) is 0. The average Bonchev–Trinajstić information content (AvgIpc) is 2.89. The Labute approximate surface area is 215 Å². The first-order valence-corrected chi connectivity index (χ1v) is 11.6. The lowest BCUT2D eigenvalue weighted by molar-refractivity contribution is -0.138. The highest BCUT2D eigenvalue weighted by Crippen LogP contribution is 2.41. The van der Waals surface area contributed by atoms with Crippen LogP contribution in [-0.2, 0) is 30.5 Å². The van der Waals surface area contributed by atoms with Crippen LogP contribution in [-0.4, -0.2) is 23.7 Å². The number of oxime groups is 1. The van der Waals surface area contributed by atoms with Crippen LogP contribution < -0.4 is 0 Å². The van der Waals surface area contributed by atoms with E-state index >= 15 is 0 Å². The Morgan fingerprint density at radius 2 is 1.91 bits per heavy atom. The zero-order chi connectivity index (χ0) is 32.7. The minimum Gasteiger partial charge on any atom is -0.391 e. The van der Waals surface area contributed by atoms with Gasteiger partial charge in [0.25, 0.3) is 0 Å². The highest BCUT2D eigenvalue weighted by atomic mass is 19.4. The first kappa shape index (κ1) is 14.9. The van der Waals surface area contributed by atoms with Crippen molar-refractivity contribution in [2.24, 2.45) is 5.16 Å². The molecule has 1 saturated carbocycles. The number of nitrogens with zero attached hydrogens (tertiary/aromatic N) is 2. The molecule has 0 aromatic heterocycles. The second-order valence-electron chi connectivity index (χ2n) is 8.89. The highest BCUT2D eigenvalue weighted by molar-refractivity contribution is 5.98. The van der Waals surface area contributed by atoms with Gasteiger partial charge in [-0.3, -0.25) is 4.90 Å². The van der Waals surface area contributed by atoms with Crippen molar-refractivity contribution >= 4 is 5.71 Å². The van der Waals surface area contributed by atoms with Crippen molar-refractivity contribution in [2.45, 2.75) is 83.8 Å². The van der Waals surface area contributed by atoms with Crippen molar-refractivity contribution in [3.05, 3.63) is 69.8 Å². The summed E-state index contributed by atoms with van der Waals surface area (Å²) in [5.74, 6) is -0.309. The lowest BCUT2D eigenvalue weighted by Crippen LogP contribution is -2.36. The number of alkyl halides is 3. The molecule has 1 heterocycles. The summed E-state index contributed by atoms with van der Waals surface area (Å²) in [5, 5.41) is 3.55. The van der Waals surface area contributed by atoms with Crippen molar-refractivity contribution in [2.75, 3.05) is 13.1 Å². The van der Waals surface area contributed by atoms with Crippen molar-refractivity contribution in [3.63, 3.8) is 0 Å². The van der Waals surface area contributed by atoms with Crippen LogP contribution in [0.3, 0.4) is 0 Å². The quantitative estimate of drug-likeness (QED) is 0.288. The van der Waals surface area contributed by atoms with E-state index in [1.54, 1.807) is 0 Å². The topological polar surface area (TPSA) is 24.8 Å². The molecular formula is C28H35F3N2O. The van der Waals surface area contributed by atoms with E-state index in [4.69, 9.17) is 18.5 Å². The standard InChI is InChI=1S/C28H35F3N2O/c1-3-22-17-24(11-12-25(22)18-33-14-7-15-33)20(2)32-34-19-21-10-13-26(23-8-5-4-6-9-23)27(16-21)28(29,30)31/h10-13,16-17,23H,3-9,14-15,18-19H2,1-2H3/b32-20+/i1D3,2D3,3D2,19D2. The maximum atomic E-state index is 14.1. The molecule has 2 fully saturated rings. The predicted octanol–water partition coefficient (Wildman–Crippen LogP) is 7.46. The average molecular weight is 483 g/mol. The second kappa shape index (κ2) is 10.9. The van der Waals surface area contributed by atoms with Crippen LogP contribution in [0.2, 0.25) is 0 Å². The molecule has 3 nitrogen and oxygen atoms in total. The molecule has 0 N–H and O–H groups in total. The summed E-state index contributed by atoms with van der Waals surface area (Å²) in [6, 6.07) is 6.86. The maximum absolute atomic E-state index is 14.1. The SMILES string of the molecule is [2H]C([2H])([2H])/C(=N\OC([2H])([2H])c1ccc(C2CCCCC2)c(C(F)(F)F)c1)c1ccc(CN2CCC2)c(C([2H])([2H])C([2H])([2H])[2H])c1. The van der Waals surface area contributed by atoms with Crippen molar-refractivity contribution in [1.82, 2.24) is 4.90 Å². The maximum Gasteiger partial charge on any atom is 0.416 e. The number of hydrogen-bond donors (Lipinski definition) is 0. The molecule has 4 rings (SSSR count). The van der Waals surface area contributed by atoms with Crippen molar-refractivity contribution in [3.8, 4) is 0 Å². The molecular weight excluding hydrogens is 437 g/mol. The molecule has 0 bridgehead atoms. The van der Waals surface area contributed by atoms with Crippen LogP contribution in [0.15, 0.2) is 41.6 Å². The molecule has 1 saturated heterocycles. The number of benzene rings is 2. The first-order chi connectivity index (χ1) is 20.2. The summed E-state index contributed by atoms with van der Waals surface area (Å²) in [4.78, 5) is 6.98. The van der Waals surface area contributed by atoms with Crippen LogP contribution in [0.25, 0.3) is 0 Å². The molecule has 2 aliphatic rings. The van der Waals surface area contributed by atoms with E-state index in [9.17, 15) is 13.2 Å². The van der Waals surface area contributed by atoms with Crippen LogP contribution in [0.5, 0.6) is 0 Å². The number of rotatable bonds is 8. The molecule has 0 atom stereocenters. The fraction of sp³-hybridized carbons (Fsp3) is 0.536. The minimum atomic E-state index is -4.76. The number of hydrogen-bond acceptors (Lipinski definition) is 3. The highest BCUT2D eigenvalue weighted by Gasteiger charge is 2.35. The molecule has 1 aliphatic carbocycles. The monoisotopic (exact) mass is 482 g/mol. The third-order valence-corrected chi connectivity index (χ3v) is 6.56. The Hall–Kier alpha value is -2.34. The number of likely N-dealkylation sites (tertiary alicyclic amines) is 1. The zero-order valence-electron chi connectivity index (χ0n) is 28.8.